The molecule has 9 heteroatoms. The van der Waals surface area contributed by atoms with Gasteiger partial charge in [-0.3, -0.25) is 9.59 Å². The van der Waals surface area contributed by atoms with Crippen LogP contribution in [-0.4, -0.2) is 74.4 Å². The van der Waals surface area contributed by atoms with Crippen LogP contribution in [0.4, 0.5) is 0 Å². The molecule has 0 aromatic carbocycles. The topological polar surface area (TPSA) is 121 Å². The van der Waals surface area contributed by atoms with Crippen molar-refractivity contribution in [2.24, 2.45) is 0 Å². The lowest BCUT2D eigenvalue weighted by Crippen LogP contribution is -2.33. The van der Waals surface area contributed by atoms with Crippen LogP contribution in [0.25, 0.3) is 0 Å². The predicted octanol–water partition coefficient (Wildman–Crippen LogP) is -0.421. The third-order valence-corrected chi connectivity index (χ3v) is 2.57. The largest absolute Gasteiger partial charge is 0.457 e. The Balaban J connectivity index is 4.29. The molecule has 9 nitrogen and oxygen atoms in total. The van der Waals surface area contributed by atoms with Crippen LogP contribution in [0.2, 0.25) is 0 Å². The van der Waals surface area contributed by atoms with Crippen LogP contribution < -0.4 is 0 Å². The van der Waals surface area contributed by atoms with E-state index in [1.807, 2.05) is 0 Å². The molecule has 0 spiro atoms. The van der Waals surface area contributed by atoms with Crippen LogP contribution in [-0.2, 0) is 33.3 Å². The molecule has 0 bridgehead atoms. The maximum atomic E-state index is 11.3. The van der Waals surface area contributed by atoms with Crippen molar-refractivity contribution in [1.82, 2.24) is 0 Å². The molecule has 2 atom stereocenters. The SMILES string of the molecule is CCC(=O)OC(COCO)COCC(COCO)OC(=O)CC. The number of carbonyl (C=O) groups is 2. The first-order valence-corrected chi connectivity index (χ1v) is 7.41. The Morgan fingerprint density at radius 3 is 1.39 bits per heavy atom. The Morgan fingerprint density at radius 2 is 1.09 bits per heavy atom. The van der Waals surface area contributed by atoms with Crippen molar-refractivity contribution in [1.29, 1.82) is 0 Å². The predicted molar refractivity (Wildman–Crippen MR) is 77.2 cm³/mol. The Hall–Kier alpha value is -1.26. The maximum absolute atomic E-state index is 11.3. The summed E-state index contributed by atoms with van der Waals surface area (Å²) in [6, 6.07) is 0. The van der Waals surface area contributed by atoms with E-state index in [-0.39, 0.29) is 39.3 Å². The van der Waals surface area contributed by atoms with Crippen molar-refractivity contribution in [2.75, 3.05) is 40.0 Å². The number of hydrogen-bond acceptors (Lipinski definition) is 9. The molecule has 0 aliphatic carbocycles. The molecule has 136 valence electrons. The summed E-state index contributed by atoms with van der Waals surface area (Å²) in [5.74, 6) is -0.838. The monoisotopic (exact) mass is 338 g/mol. The third kappa shape index (κ3) is 11.9. The number of aliphatic hydroxyl groups excluding tert-OH is 2. The lowest BCUT2D eigenvalue weighted by atomic mass is 10.3. The minimum absolute atomic E-state index is 0.00500. The van der Waals surface area contributed by atoms with E-state index in [2.05, 4.69) is 0 Å². The highest BCUT2D eigenvalue weighted by molar-refractivity contribution is 5.69. The lowest BCUT2D eigenvalue weighted by molar-refractivity contribution is -0.165. The second-order valence-electron chi connectivity index (χ2n) is 4.47. The van der Waals surface area contributed by atoms with Gasteiger partial charge in [-0.05, 0) is 0 Å². The van der Waals surface area contributed by atoms with Gasteiger partial charge in [0.1, 0.15) is 25.8 Å². The highest BCUT2D eigenvalue weighted by Crippen LogP contribution is 2.02. The van der Waals surface area contributed by atoms with Crippen molar-refractivity contribution >= 4 is 11.9 Å². The standard InChI is InChI=1S/C14H26O9/c1-3-13(17)22-11(7-20-9-15)5-19-6-12(8-21-10-16)23-14(18)4-2/h11-12,15-16H,3-10H2,1-2H3. The van der Waals surface area contributed by atoms with E-state index in [0.29, 0.717) is 0 Å². The summed E-state index contributed by atoms with van der Waals surface area (Å²) < 4.78 is 25.1. The minimum atomic E-state index is -0.684. The number of hydrogen-bond donors (Lipinski definition) is 2. The molecular formula is C14H26O9. The van der Waals surface area contributed by atoms with Gasteiger partial charge in [-0.15, -0.1) is 0 Å². The molecule has 0 saturated heterocycles. The van der Waals surface area contributed by atoms with Gasteiger partial charge >= 0.3 is 11.9 Å². The van der Waals surface area contributed by atoms with Crippen LogP contribution >= 0.6 is 0 Å². The Kier molecular flexibility index (Phi) is 13.6. The second kappa shape index (κ2) is 14.3. The van der Waals surface area contributed by atoms with E-state index >= 15 is 0 Å². The van der Waals surface area contributed by atoms with E-state index in [1.165, 1.54) is 0 Å². The smallest absolute Gasteiger partial charge is 0.305 e. The highest BCUT2D eigenvalue weighted by atomic mass is 16.6. The molecule has 0 amide bonds. The van der Waals surface area contributed by atoms with Crippen LogP contribution in [0.5, 0.6) is 0 Å². The van der Waals surface area contributed by atoms with E-state index in [9.17, 15) is 9.59 Å². The van der Waals surface area contributed by atoms with Crippen LogP contribution in [0.1, 0.15) is 26.7 Å². The molecule has 2 N–H and O–H groups in total. The Morgan fingerprint density at radius 1 is 0.739 bits per heavy atom. The van der Waals surface area contributed by atoms with Gasteiger partial charge in [0.05, 0.1) is 26.4 Å². The molecule has 0 radical (unpaired) electrons. The summed E-state index contributed by atoms with van der Waals surface area (Å²) >= 11 is 0. The van der Waals surface area contributed by atoms with Gasteiger partial charge in [0.15, 0.2) is 0 Å². The van der Waals surface area contributed by atoms with E-state index in [4.69, 9.17) is 33.9 Å². The summed E-state index contributed by atoms with van der Waals surface area (Å²) in [5, 5.41) is 17.3. The van der Waals surface area contributed by atoms with Crippen molar-refractivity contribution in [3.63, 3.8) is 0 Å². The molecular weight excluding hydrogens is 312 g/mol. The molecule has 2 unspecified atom stereocenters. The van der Waals surface area contributed by atoms with Crippen LogP contribution in [0, 0.1) is 0 Å². The molecule has 0 saturated carbocycles. The van der Waals surface area contributed by atoms with E-state index in [1.54, 1.807) is 13.8 Å². The molecule has 0 aromatic heterocycles. The van der Waals surface area contributed by atoms with Gasteiger partial charge in [0.2, 0.25) is 0 Å². The van der Waals surface area contributed by atoms with Gasteiger partial charge in [0, 0.05) is 12.8 Å². The second-order valence-corrected chi connectivity index (χ2v) is 4.47. The fraction of sp³-hybridized carbons (Fsp3) is 0.857. The molecule has 23 heavy (non-hydrogen) atoms. The summed E-state index contributed by atoms with van der Waals surface area (Å²) in [6.07, 6.45) is -0.959. The van der Waals surface area contributed by atoms with Gasteiger partial charge in [-0.25, -0.2) is 0 Å². The Bertz CT molecular complexity index is 291. The number of esters is 2. The fourth-order valence-electron chi connectivity index (χ4n) is 1.47. The lowest BCUT2D eigenvalue weighted by Gasteiger charge is -2.20. The first kappa shape index (κ1) is 21.7. The zero-order valence-corrected chi connectivity index (χ0v) is 13.6. The molecule has 0 aromatic rings. The zero-order valence-electron chi connectivity index (χ0n) is 13.6. The van der Waals surface area contributed by atoms with Crippen LogP contribution in [0.3, 0.4) is 0 Å². The van der Waals surface area contributed by atoms with Gasteiger partial charge < -0.3 is 33.9 Å². The molecule has 0 rings (SSSR count). The molecule has 0 aliphatic heterocycles. The summed E-state index contributed by atoms with van der Waals surface area (Å²) in [4.78, 5) is 22.6. The van der Waals surface area contributed by atoms with Gasteiger partial charge in [0.25, 0.3) is 0 Å². The van der Waals surface area contributed by atoms with Crippen LogP contribution in [0.15, 0.2) is 0 Å². The summed E-state index contributed by atoms with van der Waals surface area (Å²) in [7, 11) is 0. The average Bonchev–Trinajstić information content (AvgIpc) is 2.56. The number of ether oxygens (including phenoxy) is 5. The minimum Gasteiger partial charge on any atom is -0.457 e. The highest BCUT2D eigenvalue weighted by Gasteiger charge is 2.18. The van der Waals surface area contributed by atoms with Crippen molar-refractivity contribution in [3.8, 4) is 0 Å². The maximum Gasteiger partial charge on any atom is 0.305 e. The first-order chi connectivity index (χ1) is 11.1. The fourth-order valence-corrected chi connectivity index (χ4v) is 1.47. The molecule has 0 fully saturated rings. The molecule has 0 aliphatic rings. The zero-order chi connectivity index (χ0) is 17.5. The van der Waals surface area contributed by atoms with Crippen molar-refractivity contribution < 1.29 is 43.5 Å². The summed E-state index contributed by atoms with van der Waals surface area (Å²) in [5.41, 5.74) is 0. The molecule has 0 heterocycles. The van der Waals surface area contributed by atoms with Crippen molar-refractivity contribution in [2.45, 2.75) is 38.9 Å². The van der Waals surface area contributed by atoms with Gasteiger partial charge in [-0.2, -0.15) is 0 Å². The van der Waals surface area contributed by atoms with E-state index < -0.39 is 37.7 Å². The van der Waals surface area contributed by atoms with Gasteiger partial charge in [-0.1, -0.05) is 13.8 Å². The quantitative estimate of drug-likeness (QED) is 0.321. The Labute approximate surface area is 135 Å². The summed E-state index contributed by atoms with van der Waals surface area (Å²) in [6.45, 7) is 2.28. The first-order valence-electron chi connectivity index (χ1n) is 7.41. The van der Waals surface area contributed by atoms with Crippen molar-refractivity contribution in [3.05, 3.63) is 0 Å². The number of aliphatic hydroxyl groups is 2. The number of carbonyl (C=O) groups excluding carboxylic acids is 2. The number of rotatable bonds is 14. The normalized spacial score (nSPS) is 13.4. The third-order valence-electron chi connectivity index (χ3n) is 2.57. The van der Waals surface area contributed by atoms with E-state index in [0.717, 1.165) is 0 Å². The average molecular weight is 338 g/mol.